The molecule has 0 aliphatic carbocycles. The van der Waals surface area contributed by atoms with Crippen molar-refractivity contribution in [3.63, 3.8) is 0 Å². The minimum Gasteiger partial charge on any atom is -0.506 e. The van der Waals surface area contributed by atoms with Crippen LogP contribution in [0, 0.1) is 0 Å². The van der Waals surface area contributed by atoms with Crippen molar-refractivity contribution in [3.8, 4) is 17.2 Å². The van der Waals surface area contributed by atoms with Gasteiger partial charge in [-0.25, -0.2) is 0 Å². The van der Waals surface area contributed by atoms with Gasteiger partial charge >= 0.3 is 11.9 Å². The molecule has 10 heteroatoms. The van der Waals surface area contributed by atoms with Gasteiger partial charge in [0.25, 0.3) is 5.91 Å². The molecule has 0 atom stereocenters. The Morgan fingerprint density at radius 2 is 1.43 bits per heavy atom. The number of benzene rings is 3. The molecule has 0 saturated carbocycles. The lowest BCUT2D eigenvalue weighted by Gasteiger charge is -2.30. The lowest BCUT2D eigenvalue weighted by Crippen LogP contribution is -2.26. The summed E-state index contributed by atoms with van der Waals surface area (Å²) in [7, 11) is 0. The van der Waals surface area contributed by atoms with Gasteiger partial charge < -0.3 is 30.1 Å². The first-order valence-electron chi connectivity index (χ1n) is 15.7. The van der Waals surface area contributed by atoms with Gasteiger partial charge in [-0.15, -0.1) is 11.8 Å². The second-order valence-corrected chi connectivity index (χ2v) is 13.8. The quantitative estimate of drug-likeness (QED) is 0.0831. The molecule has 0 radical (unpaired) electrons. The molecule has 0 bridgehead atoms. The van der Waals surface area contributed by atoms with Gasteiger partial charge in [0.15, 0.2) is 5.25 Å². The number of ether oxygens (including phenoxy) is 2. The number of phenols is 1. The van der Waals surface area contributed by atoms with Crippen LogP contribution in [0.25, 0.3) is 10.8 Å². The maximum absolute atomic E-state index is 13.2. The molecule has 0 aromatic heterocycles. The predicted octanol–water partition coefficient (Wildman–Crippen LogP) is 7.16. The third kappa shape index (κ3) is 9.09. The molecular weight excluding hydrogens is 606 g/mol. The highest BCUT2D eigenvalue weighted by molar-refractivity contribution is 8.01. The van der Waals surface area contributed by atoms with Gasteiger partial charge in [0.05, 0.1) is 18.8 Å². The van der Waals surface area contributed by atoms with E-state index in [0.717, 1.165) is 30.4 Å². The molecule has 250 valence electrons. The van der Waals surface area contributed by atoms with Crippen LogP contribution in [0.3, 0.4) is 0 Å². The van der Waals surface area contributed by atoms with Gasteiger partial charge in [0, 0.05) is 22.9 Å². The van der Waals surface area contributed by atoms with Crippen molar-refractivity contribution < 1.29 is 39.2 Å². The number of carbonyl (C=O) groups excluding carboxylic acids is 1. The van der Waals surface area contributed by atoms with Crippen LogP contribution in [0.15, 0.2) is 48.5 Å². The maximum Gasteiger partial charge on any atom is 0.328 e. The fourth-order valence-electron chi connectivity index (χ4n) is 4.86. The summed E-state index contributed by atoms with van der Waals surface area (Å²) >= 11 is 0.810. The molecule has 9 nitrogen and oxygen atoms in total. The Bertz CT molecular complexity index is 1520. The van der Waals surface area contributed by atoms with E-state index >= 15 is 0 Å². The van der Waals surface area contributed by atoms with Crippen LogP contribution >= 0.6 is 11.8 Å². The summed E-state index contributed by atoms with van der Waals surface area (Å²) in [6.07, 6.45) is 2.94. The molecular formula is C36H47NO8S. The normalized spacial score (nSPS) is 11.9. The van der Waals surface area contributed by atoms with Crippen molar-refractivity contribution in [2.75, 3.05) is 25.5 Å². The van der Waals surface area contributed by atoms with Gasteiger partial charge in [0.2, 0.25) is 0 Å². The van der Waals surface area contributed by atoms with E-state index in [-0.39, 0.29) is 34.5 Å². The number of hydrogen-bond donors (Lipinski definition) is 4. The van der Waals surface area contributed by atoms with Crippen LogP contribution in [0.2, 0.25) is 0 Å². The largest absolute Gasteiger partial charge is 0.506 e. The average Bonchev–Trinajstić information content (AvgIpc) is 3.02. The van der Waals surface area contributed by atoms with Crippen LogP contribution in [-0.2, 0) is 20.4 Å². The van der Waals surface area contributed by atoms with Crippen LogP contribution in [-0.4, -0.2) is 63.9 Å². The molecule has 0 spiro atoms. The van der Waals surface area contributed by atoms with Gasteiger partial charge in [-0.2, -0.15) is 0 Å². The van der Waals surface area contributed by atoms with Gasteiger partial charge in [-0.05, 0) is 60.0 Å². The van der Waals surface area contributed by atoms with E-state index in [2.05, 4.69) is 65.1 Å². The first kappa shape index (κ1) is 36.5. The minimum atomic E-state index is -1.54. The second-order valence-electron chi connectivity index (χ2n) is 12.6. The van der Waals surface area contributed by atoms with Crippen LogP contribution in [0.5, 0.6) is 17.2 Å². The number of aromatic hydroxyl groups is 1. The summed E-state index contributed by atoms with van der Waals surface area (Å²) in [5.41, 5.74) is 2.53. The van der Waals surface area contributed by atoms with Crippen molar-refractivity contribution in [2.24, 2.45) is 0 Å². The van der Waals surface area contributed by atoms with E-state index in [9.17, 15) is 19.5 Å². The summed E-state index contributed by atoms with van der Waals surface area (Å²) in [5.74, 6) is -1.91. The van der Waals surface area contributed by atoms with Crippen molar-refractivity contribution >= 4 is 40.4 Å². The van der Waals surface area contributed by atoms with Gasteiger partial charge in [-0.3, -0.25) is 14.4 Å². The Hall–Kier alpha value is -3.92. The smallest absolute Gasteiger partial charge is 0.328 e. The fourth-order valence-corrected chi connectivity index (χ4v) is 5.67. The monoisotopic (exact) mass is 653 g/mol. The zero-order chi connectivity index (χ0) is 34.1. The lowest BCUT2D eigenvalue weighted by molar-refractivity contribution is -0.146. The number of amides is 1. The molecule has 3 rings (SSSR count). The van der Waals surface area contributed by atoms with E-state index in [1.165, 1.54) is 17.2 Å². The van der Waals surface area contributed by atoms with E-state index in [0.29, 0.717) is 42.5 Å². The number of hydrogen-bond acceptors (Lipinski definition) is 7. The highest BCUT2D eigenvalue weighted by Crippen LogP contribution is 2.39. The molecule has 0 aliphatic rings. The van der Waals surface area contributed by atoms with Crippen LogP contribution in [0.4, 0.5) is 0 Å². The molecule has 4 N–H and O–H groups in total. The molecule has 3 aromatic carbocycles. The predicted molar refractivity (Wildman–Crippen MR) is 183 cm³/mol. The standard InChI is InChI=1S/C36H47NO8S/c1-7-35(3,4)23-15-16-28(27(21-23)36(5,6)8-2)44-18-11-17-37-32(39)26-22-29(24-13-9-10-14-25(24)30(26)38)45-19-12-20-46-31(33(40)41)34(42)43/h9-10,13-16,21-22,31,38H,7-8,11-12,17-20H2,1-6H3,(H,37,39)(H,40,41)(H,42,43). The third-order valence-corrected chi connectivity index (χ3v) is 9.89. The SMILES string of the molecule is CCC(C)(C)c1ccc(OCCCNC(=O)c2cc(OCCCSC(C(=O)O)C(=O)O)c3ccccc3c2O)c(C(C)(C)CC)c1. The number of thioether (sulfide) groups is 1. The van der Waals surface area contributed by atoms with Crippen molar-refractivity contribution in [2.45, 2.75) is 83.3 Å². The second kappa shape index (κ2) is 16.1. The van der Waals surface area contributed by atoms with Gasteiger partial charge in [-0.1, -0.05) is 77.9 Å². The van der Waals surface area contributed by atoms with Crippen molar-refractivity contribution in [1.29, 1.82) is 0 Å². The number of carboxylic acid groups (broad SMARTS) is 2. The van der Waals surface area contributed by atoms with Crippen molar-refractivity contribution in [1.82, 2.24) is 5.32 Å². The zero-order valence-corrected chi connectivity index (χ0v) is 28.5. The van der Waals surface area contributed by atoms with E-state index in [4.69, 9.17) is 19.7 Å². The molecule has 3 aromatic rings. The summed E-state index contributed by atoms with van der Waals surface area (Å²) in [6, 6.07) is 15.0. The Morgan fingerprint density at radius 3 is 2.07 bits per heavy atom. The van der Waals surface area contributed by atoms with E-state index < -0.39 is 23.1 Å². The number of carboxylic acids is 2. The number of aliphatic carboxylic acids is 2. The third-order valence-electron chi connectivity index (χ3n) is 8.62. The first-order valence-corrected chi connectivity index (χ1v) is 16.8. The fraction of sp³-hybridized carbons (Fsp3) is 0.472. The Labute approximate surface area is 275 Å². The molecule has 0 saturated heterocycles. The number of phenolic OH excluding ortho intramolecular Hbond substituents is 1. The zero-order valence-electron chi connectivity index (χ0n) is 27.6. The number of nitrogens with one attached hydrogen (secondary N) is 1. The summed E-state index contributed by atoms with van der Waals surface area (Å²) in [5, 5.41) is 31.4. The molecule has 0 unspecified atom stereocenters. The molecule has 0 aliphatic heterocycles. The molecule has 0 heterocycles. The molecule has 1 amide bonds. The summed E-state index contributed by atoms with van der Waals surface area (Å²) < 4.78 is 12.2. The molecule has 46 heavy (non-hydrogen) atoms. The van der Waals surface area contributed by atoms with E-state index in [1.54, 1.807) is 24.3 Å². The lowest BCUT2D eigenvalue weighted by atomic mass is 9.76. The Balaban J connectivity index is 1.64. The number of rotatable bonds is 18. The van der Waals surface area contributed by atoms with Crippen LogP contribution < -0.4 is 14.8 Å². The number of carbonyl (C=O) groups is 3. The van der Waals surface area contributed by atoms with Crippen molar-refractivity contribution in [3.05, 3.63) is 65.2 Å². The average molecular weight is 654 g/mol. The topological polar surface area (TPSA) is 142 Å². The van der Waals surface area contributed by atoms with Crippen LogP contribution in [0.1, 0.15) is 88.7 Å². The summed E-state index contributed by atoms with van der Waals surface area (Å²) in [4.78, 5) is 35.4. The Kier molecular flexibility index (Phi) is 12.8. The van der Waals surface area contributed by atoms with Gasteiger partial charge in [0.1, 0.15) is 17.2 Å². The highest BCUT2D eigenvalue weighted by Gasteiger charge is 2.27. The number of fused-ring (bicyclic) bond motifs is 1. The highest BCUT2D eigenvalue weighted by atomic mass is 32.2. The molecule has 0 fully saturated rings. The maximum atomic E-state index is 13.2. The summed E-state index contributed by atoms with van der Waals surface area (Å²) in [6.45, 7) is 14.2. The minimum absolute atomic E-state index is 0.0605. The Morgan fingerprint density at radius 1 is 0.826 bits per heavy atom. The first-order chi connectivity index (χ1) is 21.7. The van der Waals surface area contributed by atoms with E-state index in [1.807, 2.05) is 0 Å².